The van der Waals surface area contributed by atoms with Crippen LogP contribution in [0.4, 0.5) is 5.69 Å². The van der Waals surface area contributed by atoms with E-state index < -0.39 is 0 Å². The van der Waals surface area contributed by atoms with Crippen molar-refractivity contribution in [2.24, 2.45) is 0 Å². The van der Waals surface area contributed by atoms with Gasteiger partial charge in [0.2, 0.25) is 5.91 Å². The van der Waals surface area contributed by atoms with Gasteiger partial charge in [-0.15, -0.1) is 10.2 Å². The third-order valence-corrected chi connectivity index (χ3v) is 6.43. The third-order valence-electron chi connectivity index (χ3n) is 5.47. The molecule has 0 bridgehead atoms. The summed E-state index contributed by atoms with van der Waals surface area (Å²) in [5, 5.41) is 12.2. The molecule has 0 fully saturated rings. The molecule has 2 aromatic carbocycles. The Balaban J connectivity index is 1.33. The van der Waals surface area contributed by atoms with Crippen molar-refractivity contribution >= 4 is 23.4 Å². The molecule has 1 aromatic heterocycles. The van der Waals surface area contributed by atoms with Crippen molar-refractivity contribution in [2.75, 3.05) is 11.1 Å². The van der Waals surface area contributed by atoms with E-state index in [1.807, 2.05) is 48.7 Å². The van der Waals surface area contributed by atoms with Crippen molar-refractivity contribution in [3.8, 4) is 5.75 Å². The van der Waals surface area contributed by atoms with Crippen molar-refractivity contribution in [1.29, 1.82) is 0 Å². The molecule has 3 aromatic rings. The quantitative estimate of drug-likeness (QED) is 0.514. The Bertz CT molecular complexity index is 1050. The van der Waals surface area contributed by atoms with Crippen LogP contribution in [0.5, 0.6) is 5.75 Å². The number of hydrogen-bond donors (Lipinski definition) is 1. The van der Waals surface area contributed by atoms with Gasteiger partial charge in [-0.3, -0.25) is 4.79 Å². The van der Waals surface area contributed by atoms with E-state index >= 15 is 0 Å². The molecule has 1 N–H and O–H groups in total. The number of nitrogens with one attached hydrogen (secondary N) is 1. The molecule has 0 saturated heterocycles. The second-order valence-electron chi connectivity index (χ2n) is 7.77. The average molecular weight is 437 g/mol. The molecular formula is C24H28N4O2S. The van der Waals surface area contributed by atoms with Gasteiger partial charge in [0.1, 0.15) is 12.4 Å². The summed E-state index contributed by atoms with van der Waals surface area (Å²) in [4.78, 5) is 12.3. The van der Waals surface area contributed by atoms with Gasteiger partial charge in [-0.25, -0.2) is 0 Å². The number of ether oxygens (including phenoxy) is 1. The van der Waals surface area contributed by atoms with Crippen molar-refractivity contribution in [3.05, 3.63) is 65.0 Å². The zero-order valence-corrected chi connectivity index (χ0v) is 18.9. The van der Waals surface area contributed by atoms with E-state index in [0.717, 1.165) is 47.4 Å². The SMILES string of the molecule is CCn1c(COc2ccc3c(c2)CCCC3)nnc1SCC(=O)Nc1ccc(C)cc1. The van der Waals surface area contributed by atoms with E-state index in [1.165, 1.54) is 35.7 Å². The van der Waals surface area contributed by atoms with Crippen molar-refractivity contribution < 1.29 is 9.53 Å². The number of aromatic nitrogens is 3. The van der Waals surface area contributed by atoms with E-state index in [4.69, 9.17) is 4.74 Å². The van der Waals surface area contributed by atoms with Crippen LogP contribution in [-0.2, 0) is 30.8 Å². The van der Waals surface area contributed by atoms with Gasteiger partial charge in [0.15, 0.2) is 11.0 Å². The molecule has 1 heterocycles. The molecule has 1 amide bonds. The van der Waals surface area contributed by atoms with Gasteiger partial charge < -0.3 is 14.6 Å². The number of fused-ring (bicyclic) bond motifs is 1. The second-order valence-corrected chi connectivity index (χ2v) is 8.71. The number of anilines is 1. The first kappa shape index (κ1) is 21.4. The first-order chi connectivity index (χ1) is 15.1. The minimum atomic E-state index is -0.0636. The number of carbonyl (C=O) groups excluding carboxylic acids is 1. The number of aryl methyl sites for hydroxylation is 3. The van der Waals surface area contributed by atoms with Gasteiger partial charge in [0, 0.05) is 12.2 Å². The Morgan fingerprint density at radius 1 is 1.10 bits per heavy atom. The summed E-state index contributed by atoms with van der Waals surface area (Å²) in [6.07, 6.45) is 4.82. The Morgan fingerprint density at radius 2 is 1.87 bits per heavy atom. The molecule has 4 rings (SSSR count). The highest BCUT2D eigenvalue weighted by Crippen LogP contribution is 2.26. The molecule has 0 atom stereocenters. The van der Waals surface area contributed by atoms with Crippen LogP contribution in [0.1, 0.15) is 42.3 Å². The summed E-state index contributed by atoms with van der Waals surface area (Å²) >= 11 is 1.38. The van der Waals surface area contributed by atoms with Gasteiger partial charge in [-0.1, -0.05) is 35.5 Å². The van der Waals surface area contributed by atoms with Crippen molar-refractivity contribution in [3.63, 3.8) is 0 Å². The van der Waals surface area contributed by atoms with Crippen LogP contribution in [0.3, 0.4) is 0 Å². The van der Waals surface area contributed by atoms with Crippen LogP contribution in [0.15, 0.2) is 47.6 Å². The Hall–Kier alpha value is -2.80. The smallest absolute Gasteiger partial charge is 0.234 e. The van der Waals surface area contributed by atoms with E-state index in [9.17, 15) is 4.79 Å². The van der Waals surface area contributed by atoms with Crippen LogP contribution in [0.25, 0.3) is 0 Å². The highest BCUT2D eigenvalue weighted by atomic mass is 32.2. The molecule has 0 radical (unpaired) electrons. The van der Waals surface area contributed by atoms with Crippen LogP contribution in [0.2, 0.25) is 0 Å². The molecule has 7 heteroatoms. The first-order valence-corrected chi connectivity index (χ1v) is 11.8. The normalized spacial score (nSPS) is 13.0. The lowest BCUT2D eigenvalue weighted by Crippen LogP contribution is -2.15. The predicted molar refractivity (Wildman–Crippen MR) is 124 cm³/mol. The molecular weight excluding hydrogens is 408 g/mol. The summed E-state index contributed by atoms with van der Waals surface area (Å²) in [5.41, 5.74) is 4.80. The minimum Gasteiger partial charge on any atom is -0.486 e. The summed E-state index contributed by atoms with van der Waals surface area (Å²) in [6.45, 7) is 5.14. The third kappa shape index (κ3) is 5.47. The number of thioether (sulfide) groups is 1. The van der Waals surface area contributed by atoms with E-state index in [-0.39, 0.29) is 11.7 Å². The average Bonchev–Trinajstić information content (AvgIpc) is 3.19. The van der Waals surface area contributed by atoms with E-state index in [1.54, 1.807) is 0 Å². The Morgan fingerprint density at radius 3 is 2.65 bits per heavy atom. The van der Waals surface area contributed by atoms with Crippen LogP contribution < -0.4 is 10.1 Å². The number of benzene rings is 2. The fraction of sp³-hybridized carbons (Fsp3) is 0.375. The topological polar surface area (TPSA) is 69.0 Å². The predicted octanol–water partition coefficient (Wildman–Crippen LogP) is 4.80. The largest absolute Gasteiger partial charge is 0.486 e. The molecule has 0 saturated carbocycles. The maximum absolute atomic E-state index is 12.3. The van der Waals surface area contributed by atoms with Crippen molar-refractivity contribution in [1.82, 2.24) is 14.8 Å². The van der Waals surface area contributed by atoms with Gasteiger partial charge >= 0.3 is 0 Å². The molecule has 162 valence electrons. The molecule has 6 nitrogen and oxygen atoms in total. The summed E-state index contributed by atoms with van der Waals surface area (Å²) < 4.78 is 8.02. The zero-order chi connectivity index (χ0) is 21.6. The van der Waals surface area contributed by atoms with Crippen molar-refractivity contribution in [2.45, 2.75) is 57.8 Å². The molecule has 1 aliphatic carbocycles. The van der Waals surface area contributed by atoms with Crippen LogP contribution >= 0.6 is 11.8 Å². The fourth-order valence-electron chi connectivity index (χ4n) is 3.76. The van der Waals surface area contributed by atoms with Gasteiger partial charge in [-0.2, -0.15) is 0 Å². The number of hydrogen-bond acceptors (Lipinski definition) is 5. The molecule has 0 aliphatic heterocycles. The highest BCUT2D eigenvalue weighted by Gasteiger charge is 2.15. The summed E-state index contributed by atoms with van der Waals surface area (Å²) in [5.74, 6) is 1.85. The highest BCUT2D eigenvalue weighted by molar-refractivity contribution is 7.99. The monoisotopic (exact) mass is 436 g/mol. The number of carbonyl (C=O) groups is 1. The maximum Gasteiger partial charge on any atom is 0.234 e. The van der Waals surface area contributed by atoms with Crippen LogP contribution in [0, 0.1) is 6.92 Å². The first-order valence-electron chi connectivity index (χ1n) is 10.8. The molecule has 0 spiro atoms. The standard InChI is InChI=1S/C24H28N4O2S/c1-3-28-22(15-30-21-13-10-18-6-4-5-7-19(18)14-21)26-27-24(28)31-16-23(29)25-20-11-8-17(2)9-12-20/h8-14H,3-7,15-16H2,1-2H3,(H,25,29). The number of amides is 1. The van der Waals surface area contributed by atoms with Gasteiger partial charge in [0.25, 0.3) is 0 Å². The summed E-state index contributed by atoms with van der Waals surface area (Å²) in [6, 6.07) is 14.2. The molecule has 0 unspecified atom stereocenters. The Labute approximate surface area is 187 Å². The second kappa shape index (κ2) is 10.0. The molecule has 1 aliphatic rings. The number of nitrogens with zero attached hydrogens (tertiary/aromatic N) is 3. The lowest BCUT2D eigenvalue weighted by atomic mass is 9.92. The van der Waals surface area contributed by atoms with E-state index in [0.29, 0.717) is 6.61 Å². The van der Waals surface area contributed by atoms with Gasteiger partial charge in [-0.05, 0) is 74.9 Å². The zero-order valence-electron chi connectivity index (χ0n) is 18.1. The fourth-order valence-corrected chi connectivity index (χ4v) is 4.58. The van der Waals surface area contributed by atoms with E-state index in [2.05, 4.69) is 27.6 Å². The molecule has 31 heavy (non-hydrogen) atoms. The minimum absolute atomic E-state index is 0.0636. The maximum atomic E-state index is 12.3. The van der Waals surface area contributed by atoms with Crippen LogP contribution in [-0.4, -0.2) is 26.4 Å². The Kier molecular flexibility index (Phi) is 6.92. The number of rotatable bonds is 8. The lowest BCUT2D eigenvalue weighted by Gasteiger charge is -2.16. The van der Waals surface area contributed by atoms with Gasteiger partial charge in [0.05, 0.1) is 5.75 Å². The lowest BCUT2D eigenvalue weighted by molar-refractivity contribution is -0.113. The summed E-state index contributed by atoms with van der Waals surface area (Å²) in [7, 11) is 0.